The van der Waals surface area contributed by atoms with Gasteiger partial charge in [-0.15, -0.1) is 0 Å². The van der Waals surface area contributed by atoms with E-state index in [0.29, 0.717) is 0 Å². The lowest BCUT2D eigenvalue weighted by atomic mass is 10.1. The average Bonchev–Trinajstić information content (AvgIpc) is 3.20. The van der Waals surface area contributed by atoms with Crippen molar-refractivity contribution in [1.29, 1.82) is 0 Å². The number of carbonyl (C=O) groups is 1. The van der Waals surface area contributed by atoms with Crippen molar-refractivity contribution >= 4 is 23.0 Å². The van der Waals surface area contributed by atoms with Crippen molar-refractivity contribution in [2.24, 2.45) is 0 Å². The molecule has 0 radical (unpaired) electrons. The summed E-state index contributed by atoms with van der Waals surface area (Å²) in [6.45, 7) is 0.736. The van der Waals surface area contributed by atoms with E-state index >= 15 is 0 Å². The van der Waals surface area contributed by atoms with Gasteiger partial charge in [-0.3, -0.25) is 10.0 Å². The second-order valence-electron chi connectivity index (χ2n) is 7.86. The van der Waals surface area contributed by atoms with Gasteiger partial charge in [-0.2, -0.15) is 0 Å². The number of hydrogen-bond acceptors (Lipinski definition) is 4. The predicted molar refractivity (Wildman–Crippen MR) is 127 cm³/mol. The van der Waals surface area contributed by atoms with E-state index in [1.54, 1.807) is 11.6 Å². The molecule has 0 saturated heterocycles. The molecule has 0 fully saturated rings. The van der Waals surface area contributed by atoms with Crippen LogP contribution in [0.2, 0.25) is 0 Å². The molecule has 0 spiro atoms. The molecule has 1 heterocycles. The number of imidazole rings is 1. The van der Waals surface area contributed by atoms with Gasteiger partial charge in [-0.25, -0.2) is 10.5 Å². The Balaban J connectivity index is 1.79. The van der Waals surface area contributed by atoms with Crippen LogP contribution in [0.25, 0.3) is 28.5 Å². The number of fused-ring (bicyclic) bond motifs is 1. The second kappa shape index (κ2) is 9.60. The first-order valence-electron chi connectivity index (χ1n) is 10.5. The Hall–Kier alpha value is -3.74. The topological polar surface area (TPSA) is 70.4 Å². The van der Waals surface area contributed by atoms with Crippen LogP contribution >= 0.6 is 0 Å². The molecule has 0 aliphatic rings. The van der Waals surface area contributed by atoms with Gasteiger partial charge >= 0.3 is 0 Å². The van der Waals surface area contributed by atoms with Gasteiger partial charge in [0.05, 0.1) is 17.1 Å². The Morgan fingerprint density at radius 2 is 1.81 bits per heavy atom. The predicted octanol–water partition coefficient (Wildman–Crippen LogP) is 4.52. The van der Waals surface area contributed by atoms with Crippen molar-refractivity contribution in [2.45, 2.75) is 12.6 Å². The minimum atomic E-state index is -0.570. The molecule has 6 nitrogen and oxygen atoms in total. The number of amides is 1. The van der Waals surface area contributed by atoms with Crippen molar-refractivity contribution in [3.05, 3.63) is 96.1 Å². The van der Waals surface area contributed by atoms with Gasteiger partial charge in [0, 0.05) is 18.2 Å². The third-order valence-electron chi connectivity index (χ3n) is 5.50. The van der Waals surface area contributed by atoms with E-state index < -0.39 is 5.91 Å². The average molecular weight is 427 g/mol. The van der Waals surface area contributed by atoms with Gasteiger partial charge in [0.25, 0.3) is 5.91 Å². The van der Waals surface area contributed by atoms with Crippen molar-refractivity contribution < 1.29 is 10.0 Å². The Morgan fingerprint density at radius 3 is 2.56 bits per heavy atom. The molecule has 3 aromatic carbocycles. The molecule has 6 heteroatoms. The first kappa shape index (κ1) is 21.5. The van der Waals surface area contributed by atoms with Crippen LogP contribution in [0.4, 0.5) is 0 Å². The summed E-state index contributed by atoms with van der Waals surface area (Å²) in [7, 11) is 4.18. The first-order chi connectivity index (χ1) is 15.6. The number of para-hydroxylation sites is 2. The third kappa shape index (κ3) is 4.61. The lowest BCUT2D eigenvalue weighted by Gasteiger charge is -2.26. The third-order valence-corrected chi connectivity index (χ3v) is 5.50. The van der Waals surface area contributed by atoms with Crippen LogP contribution in [0.1, 0.15) is 17.2 Å². The smallest absolute Gasteiger partial charge is 0.267 e. The summed E-state index contributed by atoms with van der Waals surface area (Å²) in [5, 5.41) is 8.72. The fourth-order valence-corrected chi connectivity index (χ4v) is 3.89. The monoisotopic (exact) mass is 426 g/mol. The molecular weight excluding hydrogens is 400 g/mol. The van der Waals surface area contributed by atoms with Gasteiger partial charge < -0.3 is 9.47 Å². The Kier molecular flexibility index (Phi) is 6.44. The molecule has 1 atom stereocenters. The summed E-state index contributed by atoms with van der Waals surface area (Å²) in [5.74, 6) is 0.301. The number of carbonyl (C=O) groups excluding carboxylic acids is 1. The van der Waals surface area contributed by atoms with E-state index in [0.717, 1.165) is 34.5 Å². The fraction of sp³-hybridized carbons (Fsp3) is 0.154. The molecule has 1 unspecified atom stereocenters. The van der Waals surface area contributed by atoms with Gasteiger partial charge in [0.15, 0.2) is 0 Å². The summed E-state index contributed by atoms with van der Waals surface area (Å²) >= 11 is 0. The summed E-state index contributed by atoms with van der Waals surface area (Å²) in [5.41, 5.74) is 6.67. The highest BCUT2D eigenvalue weighted by Crippen LogP contribution is 2.29. The zero-order valence-corrected chi connectivity index (χ0v) is 18.1. The molecule has 0 saturated carbocycles. The van der Waals surface area contributed by atoms with Crippen molar-refractivity contribution in [3.8, 4) is 11.4 Å². The maximum Gasteiger partial charge on any atom is 0.267 e. The molecule has 0 aliphatic carbocycles. The van der Waals surface area contributed by atoms with Crippen LogP contribution in [0, 0.1) is 0 Å². The van der Waals surface area contributed by atoms with Crippen LogP contribution in [-0.4, -0.2) is 39.7 Å². The van der Waals surface area contributed by atoms with E-state index in [1.807, 2.05) is 48.5 Å². The lowest BCUT2D eigenvalue weighted by molar-refractivity contribution is -0.124. The number of hydrogen-bond donors (Lipinski definition) is 2. The van der Waals surface area contributed by atoms with E-state index in [9.17, 15) is 4.79 Å². The molecule has 1 amide bonds. The van der Waals surface area contributed by atoms with E-state index in [-0.39, 0.29) is 6.04 Å². The van der Waals surface area contributed by atoms with E-state index in [2.05, 4.69) is 53.9 Å². The number of benzene rings is 3. The first-order valence-corrected chi connectivity index (χ1v) is 10.5. The van der Waals surface area contributed by atoms with Gasteiger partial charge in [-0.05, 0) is 49.5 Å². The number of nitrogens with one attached hydrogen (secondary N) is 1. The van der Waals surface area contributed by atoms with Crippen LogP contribution in [0.15, 0.2) is 84.9 Å². The van der Waals surface area contributed by atoms with Crippen LogP contribution < -0.4 is 5.48 Å². The molecule has 4 aromatic rings. The number of hydroxylamine groups is 1. The van der Waals surface area contributed by atoms with Gasteiger partial charge in [0.1, 0.15) is 5.82 Å². The number of rotatable bonds is 7. The highest BCUT2D eigenvalue weighted by atomic mass is 16.5. The zero-order valence-electron chi connectivity index (χ0n) is 18.1. The second-order valence-corrected chi connectivity index (χ2v) is 7.86. The molecular formula is C26H26N4O2. The Morgan fingerprint density at radius 1 is 1.06 bits per heavy atom. The number of likely N-dealkylation sites (N-methyl/N-ethyl adjacent to an activating group) is 1. The van der Waals surface area contributed by atoms with Crippen molar-refractivity contribution in [1.82, 2.24) is 19.9 Å². The highest BCUT2D eigenvalue weighted by molar-refractivity contribution is 5.91. The largest absolute Gasteiger partial charge is 0.322 e. The van der Waals surface area contributed by atoms with E-state index in [1.165, 1.54) is 11.6 Å². The standard InChI is InChI=1S/C26H26N4O2/c1-29(2)24(20-10-4-3-5-11-20)18-30-23-14-7-6-13-22(23)27-26(30)21-12-8-9-19(17-21)15-16-25(31)28-32/h3-17,24,32H,18H2,1-2H3,(H,28,31)/b16-15+. The Bertz CT molecular complexity index is 1250. The molecule has 0 aliphatic heterocycles. The maximum atomic E-state index is 11.4. The quantitative estimate of drug-likeness (QED) is 0.259. The summed E-state index contributed by atoms with van der Waals surface area (Å²) in [4.78, 5) is 18.5. The minimum Gasteiger partial charge on any atom is -0.322 e. The summed E-state index contributed by atoms with van der Waals surface area (Å²) < 4.78 is 2.26. The number of aromatic nitrogens is 2. The van der Waals surface area contributed by atoms with Crippen molar-refractivity contribution in [3.63, 3.8) is 0 Å². The summed E-state index contributed by atoms with van der Waals surface area (Å²) in [6, 6.07) is 26.7. The van der Waals surface area contributed by atoms with Crippen LogP contribution in [-0.2, 0) is 11.3 Å². The maximum absolute atomic E-state index is 11.4. The van der Waals surface area contributed by atoms with Crippen molar-refractivity contribution in [2.75, 3.05) is 14.1 Å². The fourth-order valence-electron chi connectivity index (χ4n) is 3.89. The van der Waals surface area contributed by atoms with Gasteiger partial charge in [0.2, 0.25) is 0 Å². The molecule has 162 valence electrons. The van der Waals surface area contributed by atoms with Crippen LogP contribution in [0.5, 0.6) is 0 Å². The normalized spacial score (nSPS) is 12.5. The molecule has 2 N–H and O–H groups in total. The molecule has 32 heavy (non-hydrogen) atoms. The minimum absolute atomic E-state index is 0.170. The zero-order chi connectivity index (χ0) is 22.5. The summed E-state index contributed by atoms with van der Waals surface area (Å²) in [6.07, 6.45) is 2.95. The lowest BCUT2D eigenvalue weighted by Crippen LogP contribution is -2.25. The highest BCUT2D eigenvalue weighted by Gasteiger charge is 2.20. The molecule has 4 rings (SSSR count). The van der Waals surface area contributed by atoms with Crippen LogP contribution in [0.3, 0.4) is 0 Å². The molecule has 0 bridgehead atoms. The Labute approximate surface area is 187 Å². The number of nitrogens with zero attached hydrogens (tertiary/aromatic N) is 3. The van der Waals surface area contributed by atoms with E-state index in [4.69, 9.17) is 10.2 Å². The molecule has 1 aromatic heterocycles. The van der Waals surface area contributed by atoms with Gasteiger partial charge in [-0.1, -0.05) is 60.7 Å². The SMILES string of the molecule is CN(C)C(Cn1c(-c2cccc(/C=C/C(=O)NO)c2)nc2ccccc21)c1ccccc1.